The van der Waals surface area contributed by atoms with Crippen molar-refractivity contribution in [3.63, 3.8) is 0 Å². The summed E-state index contributed by atoms with van der Waals surface area (Å²) in [4.78, 5) is 4.19. The van der Waals surface area contributed by atoms with E-state index < -0.39 is 0 Å². The van der Waals surface area contributed by atoms with Crippen LogP contribution in [0.15, 0.2) is 21.6 Å². The molecule has 0 N–H and O–H groups in total. The molecule has 0 atom stereocenters. The van der Waals surface area contributed by atoms with E-state index in [1.165, 1.54) is 23.1 Å². The number of hydrogen-bond acceptors (Lipinski definition) is 6. The number of nitriles is 1. The van der Waals surface area contributed by atoms with Gasteiger partial charge in [-0.2, -0.15) is 5.26 Å². The first-order chi connectivity index (χ1) is 7.70. The number of hydrogen-bond donors (Lipinski definition) is 0. The molecule has 0 fully saturated rings. The van der Waals surface area contributed by atoms with E-state index in [2.05, 4.69) is 21.3 Å². The summed E-state index contributed by atoms with van der Waals surface area (Å²) >= 11 is 2.88. The number of aromatic nitrogens is 3. The fourth-order valence-electron chi connectivity index (χ4n) is 1.15. The molecule has 0 spiro atoms. The second-order valence-corrected chi connectivity index (χ2v) is 5.53. The molecular weight excluding hydrogens is 240 g/mol. The zero-order chi connectivity index (χ0) is 11.5. The average Bonchev–Trinajstić information content (AvgIpc) is 2.64. The third-order valence-corrected chi connectivity index (χ3v) is 3.82. The molecule has 2 heterocycles. The Bertz CT molecular complexity index is 556. The van der Waals surface area contributed by atoms with E-state index in [4.69, 9.17) is 5.26 Å². The van der Waals surface area contributed by atoms with E-state index >= 15 is 0 Å². The molecule has 0 radical (unpaired) electrons. The predicted molar refractivity (Wildman–Crippen MR) is 62.5 cm³/mol. The lowest BCUT2D eigenvalue weighted by atomic mass is 10.2. The standard InChI is InChI=1S/C10H8N4S2/c1-6-3-4-12-9(8(6)5-11)16-10-14-13-7(2)15-10/h3-4H,1-2H3. The Morgan fingerprint density at radius 3 is 2.81 bits per heavy atom. The molecule has 4 nitrogen and oxygen atoms in total. The van der Waals surface area contributed by atoms with Gasteiger partial charge in [0.1, 0.15) is 16.1 Å². The Morgan fingerprint density at radius 2 is 2.19 bits per heavy atom. The smallest absolute Gasteiger partial charge is 0.180 e. The lowest BCUT2D eigenvalue weighted by molar-refractivity contribution is 0.979. The SMILES string of the molecule is Cc1nnc(Sc2nccc(C)c2C#N)s1. The van der Waals surface area contributed by atoms with E-state index in [0.717, 1.165) is 14.9 Å². The molecule has 0 amide bonds. The molecule has 16 heavy (non-hydrogen) atoms. The second kappa shape index (κ2) is 4.60. The maximum atomic E-state index is 9.05. The summed E-state index contributed by atoms with van der Waals surface area (Å²) in [6, 6.07) is 3.99. The van der Waals surface area contributed by atoms with Gasteiger partial charge in [0, 0.05) is 6.20 Å². The minimum Gasteiger partial charge on any atom is -0.248 e. The lowest BCUT2D eigenvalue weighted by Crippen LogP contribution is -1.89. The van der Waals surface area contributed by atoms with Crippen molar-refractivity contribution < 1.29 is 0 Å². The minimum absolute atomic E-state index is 0.611. The summed E-state index contributed by atoms with van der Waals surface area (Å²) in [6.07, 6.45) is 1.70. The third-order valence-electron chi connectivity index (χ3n) is 1.93. The largest absolute Gasteiger partial charge is 0.248 e. The Hall–Kier alpha value is -1.45. The van der Waals surface area contributed by atoms with E-state index in [1.54, 1.807) is 6.20 Å². The molecule has 2 aromatic heterocycles. The molecular formula is C10H8N4S2. The van der Waals surface area contributed by atoms with Crippen molar-refractivity contribution in [2.24, 2.45) is 0 Å². The summed E-state index contributed by atoms with van der Waals surface area (Å²) < 4.78 is 0.812. The molecule has 0 aromatic carbocycles. The van der Waals surface area contributed by atoms with Crippen molar-refractivity contribution in [1.82, 2.24) is 15.2 Å². The molecule has 0 saturated carbocycles. The highest BCUT2D eigenvalue weighted by Gasteiger charge is 2.10. The Kier molecular flexibility index (Phi) is 3.17. The maximum Gasteiger partial charge on any atom is 0.180 e. The van der Waals surface area contributed by atoms with E-state index in [9.17, 15) is 0 Å². The molecule has 0 unspecified atom stereocenters. The van der Waals surface area contributed by atoms with Gasteiger partial charge in [-0.05, 0) is 37.2 Å². The van der Waals surface area contributed by atoms with Crippen LogP contribution in [-0.4, -0.2) is 15.2 Å². The fraction of sp³-hybridized carbons (Fsp3) is 0.200. The lowest BCUT2D eigenvalue weighted by Gasteiger charge is -2.01. The predicted octanol–water partition coefficient (Wildman–Crippen LogP) is 2.57. The van der Waals surface area contributed by atoms with Crippen LogP contribution in [0.2, 0.25) is 0 Å². The summed E-state index contributed by atoms with van der Waals surface area (Å²) in [5.74, 6) is 0. The highest BCUT2D eigenvalue weighted by molar-refractivity contribution is 8.01. The van der Waals surface area contributed by atoms with Gasteiger partial charge in [0.05, 0.1) is 5.56 Å². The molecule has 6 heteroatoms. The first-order valence-corrected chi connectivity index (χ1v) is 6.17. The van der Waals surface area contributed by atoms with Gasteiger partial charge in [-0.3, -0.25) is 0 Å². The summed E-state index contributed by atoms with van der Waals surface area (Å²) in [6.45, 7) is 3.80. The summed E-state index contributed by atoms with van der Waals surface area (Å²) in [7, 11) is 0. The van der Waals surface area contributed by atoms with Crippen LogP contribution in [0, 0.1) is 25.2 Å². The van der Waals surface area contributed by atoms with Crippen molar-refractivity contribution in [1.29, 1.82) is 5.26 Å². The number of rotatable bonds is 2. The van der Waals surface area contributed by atoms with Crippen LogP contribution in [0.4, 0.5) is 0 Å². The van der Waals surface area contributed by atoms with Crippen LogP contribution in [0.1, 0.15) is 16.1 Å². The first kappa shape index (κ1) is 11.0. The zero-order valence-electron chi connectivity index (χ0n) is 8.76. The molecule has 0 aliphatic rings. The molecule has 0 saturated heterocycles. The third kappa shape index (κ3) is 2.21. The Balaban J connectivity index is 2.35. The fourth-order valence-corrected chi connectivity index (χ4v) is 3.00. The van der Waals surface area contributed by atoms with Gasteiger partial charge in [0.2, 0.25) is 0 Å². The summed E-state index contributed by atoms with van der Waals surface area (Å²) in [5, 5.41) is 18.6. The van der Waals surface area contributed by atoms with Crippen molar-refractivity contribution in [2.75, 3.05) is 0 Å². The maximum absolute atomic E-state index is 9.05. The zero-order valence-corrected chi connectivity index (χ0v) is 10.4. The van der Waals surface area contributed by atoms with Crippen LogP contribution >= 0.6 is 23.1 Å². The van der Waals surface area contributed by atoms with Gasteiger partial charge in [-0.15, -0.1) is 10.2 Å². The van der Waals surface area contributed by atoms with Gasteiger partial charge in [0.25, 0.3) is 0 Å². The Labute approximate surface area is 101 Å². The minimum atomic E-state index is 0.611. The van der Waals surface area contributed by atoms with Crippen molar-refractivity contribution >= 4 is 23.1 Å². The number of aryl methyl sites for hydroxylation is 2. The van der Waals surface area contributed by atoms with Crippen LogP contribution in [0.25, 0.3) is 0 Å². The average molecular weight is 248 g/mol. The van der Waals surface area contributed by atoms with Crippen LogP contribution in [0.3, 0.4) is 0 Å². The van der Waals surface area contributed by atoms with Crippen molar-refractivity contribution in [2.45, 2.75) is 23.2 Å². The van der Waals surface area contributed by atoms with E-state index in [-0.39, 0.29) is 0 Å². The van der Waals surface area contributed by atoms with Crippen LogP contribution in [-0.2, 0) is 0 Å². The van der Waals surface area contributed by atoms with E-state index in [0.29, 0.717) is 10.6 Å². The molecule has 2 rings (SSSR count). The normalized spacial score (nSPS) is 10.1. The van der Waals surface area contributed by atoms with Crippen molar-refractivity contribution in [3.8, 4) is 6.07 Å². The van der Waals surface area contributed by atoms with Crippen LogP contribution < -0.4 is 0 Å². The van der Waals surface area contributed by atoms with Gasteiger partial charge >= 0.3 is 0 Å². The van der Waals surface area contributed by atoms with Gasteiger partial charge in [0.15, 0.2) is 4.34 Å². The van der Waals surface area contributed by atoms with Gasteiger partial charge in [-0.25, -0.2) is 4.98 Å². The topological polar surface area (TPSA) is 62.5 Å². The Morgan fingerprint density at radius 1 is 1.38 bits per heavy atom. The molecule has 0 aliphatic carbocycles. The number of pyridine rings is 1. The van der Waals surface area contributed by atoms with Crippen LogP contribution in [0.5, 0.6) is 0 Å². The molecule has 2 aromatic rings. The quantitative estimate of drug-likeness (QED) is 0.817. The number of nitrogens with zero attached hydrogens (tertiary/aromatic N) is 4. The van der Waals surface area contributed by atoms with E-state index in [1.807, 2.05) is 19.9 Å². The van der Waals surface area contributed by atoms with Gasteiger partial charge in [-0.1, -0.05) is 11.3 Å². The molecule has 0 bridgehead atoms. The van der Waals surface area contributed by atoms with Crippen molar-refractivity contribution in [3.05, 3.63) is 28.4 Å². The second-order valence-electron chi connectivity index (χ2n) is 3.11. The highest BCUT2D eigenvalue weighted by Crippen LogP contribution is 2.31. The molecule has 80 valence electrons. The van der Waals surface area contributed by atoms with Gasteiger partial charge < -0.3 is 0 Å². The monoisotopic (exact) mass is 248 g/mol. The molecule has 0 aliphatic heterocycles. The first-order valence-electron chi connectivity index (χ1n) is 4.54. The highest BCUT2D eigenvalue weighted by atomic mass is 32.2. The summed E-state index contributed by atoms with van der Waals surface area (Å²) in [5.41, 5.74) is 1.54.